The molecule has 1 amide bonds. The molecule has 5 nitrogen and oxygen atoms in total. The smallest absolute Gasteiger partial charge is 0.251 e. The van der Waals surface area contributed by atoms with Gasteiger partial charge in [-0.05, 0) is 70.0 Å². The molecule has 0 saturated heterocycles. The number of hydrogen-bond acceptors (Lipinski definition) is 4. The minimum Gasteiger partial charge on any atom is -0.496 e. The van der Waals surface area contributed by atoms with Crippen molar-refractivity contribution in [2.24, 2.45) is 0 Å². The fraction of sp³-hybridized carbons (Fsp3) is 0.346. The zero-order chi connectivity index (χ0) is 22.9. The molecular weight excluding hydrogens is 388 g/mol. The van der Waals surface area contributed by atoms with E-state index >= 15 is 0 Å². The number of anilines is 2. The van der Waals surface area contributed by atoms with Crippen LogP contribution in [0.3, 0.4) is 0 Å². The summed E-state index contributed by atoms with van der Waals surface area (Å²) in [5.41, 5.74) is 6.05. The maximum absolute atomic E-state index is 13.1. The van der Waals surface area contributed by atoms with Crippen LogP contribution in [-0.4, -0.2) is 25.6 Å². The number of fused-ring (bicyclic) bond motifs is 1. The third-order valence-electron chi connectivity index (χ3n) is 5.60. The standard InChI is InChI=1S/C26H32N2O3/c1-9-22(16(2)3)31-15-20-18(19-14-17(4)10-13-23(19)30-8)11-12-21-24(20)28(7)25(29)26(5,6)27-21/h9-14,27H,1,15H2,2-8H3. The first kappa shape index (κ1) is 22.5. The average molecular weight is 421 g/mol. The fourth-order valence-corrected chi connectivity index (χ4v) is 4.02. The summed E-state index contributed by atoms with van der Waals surface area (Å²) in [5, 5.41) is 3.39. The molecule has 5 heteroatoms. The Morgan fingerprint density at radius 1 is 1.19 bits per heavy atom. The first-order chi connectivity index (χ1) is 14.6. The van der Waals surface area contributed by atoms with Gasteiger partial charge in [0.05, 0.1) is 18.5 Å². The van der Waals surface area contributed by atoms with Gasteiger partial charge in [0.15, 0.2) is 0 Å². The van der Waals surface area contributed by atoms with Crippen LogP contribution in [0, 0.1) is 6.92 Å². The van der Waals surface area contributed by atoms with Crippen LogP contribution in [0.1, 0.15) is 38.8 Å². The maximum atomic E-state index is 13.1. The lowest BCUT2D eigenvalue weighted by Gasteiger charge is -2.39. The van der Waals surface area contributed by atoms with Crippen molar-refractivity contribution in [3.05, 3.63) is 65.4 Å². The Morgan fingerprint density at radius 3 is 2.52 bits per heavy atom. The van der Waals surface area contributed by atoms with E-state index in [-0.39, 0.29) is 5.91 Å². The minimum absolute atomic E-state index is 0.000709. The average Bonchev–Trinajstić information content (AvgIpc) is 2.72. The molecule has 0 aromatic heterocycles. The van der Waals surface area contributed by atoms with Crippen LogP contribution < -0.4 is 15.0 Å². The summed E-state index contributed by atoms with van der Waals surface area (Å²) in [6.45, 7) is 14.0. The SMILES string of the molecule is C=CC(OCc1c(-c2cc(C)ccc2OC)ccc2c1N(C)C(=O)C(C)(C)N2)=C(C)C. The number of carbonyl (C=O) groups excluding carboxylic acids is 1. The van der Waals surface area contributed by atoms with Crippen molar-refractivity contribution < 1.29 is 14.3 Å². The van der Waals surface area contributed by atoms with Crippen LogP contribution in [0.15, 0.2) is 54.3 Å². The number of nitrogens with one attached hydrogen (secondary N) is 1. The molecule has 2 aromatic carbocycles. The van der Waals surface area contributed by atoms with E-state index in [0.29, 0.717) is 6.61 Å². The van der Waals surface area contributed by atoms with E-state index in [2.05, 4.69) is 31.0 Å². The van der Waals surface area contributed by atoms with Gasteiger partial charge >= 0.3 is 0 Å². The van der Waals surface area contributed by atoms with Gasteiger partial charge in [-0.25, -0.2) is 0 Å². The highest BCUT2D eigenvalue weighted by molar-refractivity contribution is 6.08. The van der Waals surface area contributed by atoms with Crippen LogP contribution in [0.25, 0.3) is 11.1 Å². The number of methoxy groups -OCH3 is 1. The highest BCUT2D eigenvalue weighted by Crippen LogP contribution is 2.44. The summed E-state index contributed by atoms with van der Waals surface area (Å²) < 4.78 is 11.8. The zero-order valence-corrected chi connectivity index (χ0v) is 19.6. The van der Waals surface area contributed by atoms with E-state index in [4.69, 9.17) is 9.47 Å². The van der Waals surface area contributed by atoms with Gasteiger partial charge in [-0.15, -0.1) is 0 Å². The van der Waals surface area contributed by atoms with Gasteiger partial charge in [-0.2, -0.15) is 0 Å². The van der Waals surface area contributed by atoms with E-state index in [1.165, 1.54) is 0 Å². The van der Waals surface area contributed by atoms with Crippen LogP contribution in [0.5, 0.6) is 5.75 Å². The zero-order valence-electron chi connectivity index (χ0n) is 19.6. The molecule has 3 rings (SSSR count). The molecule has 0 spiro atoms. The van der Waals surface area contributed by atoms with E-state index in [0.717, 1.165) is 50.7 Å². The lowest BCUT2D eigenvalue weighted by molar-refractivity contribution is -0.121. The number of amides is 1. The first-order valence-corrected chi connectivity index (χ1v) is 10.4. The van der Waals surface area contributed by atoms with Crippen molar-refractivity contribution >= 4 is 17.3 Å². The number of aryl methyl sites for hydroxylation is 1. The van der Waals surface area contributed by atoms with Crippen LogP contribution in [0.4, 0.5) is 11.4 Å². The number of nitrogens with zero attached hydrogens (tertiary/aromatic N) is 1. The molecule has 0 aliphatic carbocycles. The molecule has 1 N–H and O–H groups in total. The second-order valence-corrected chi connectivity index (χ2v) is 8.66. The lowest BCUT2D eigenvalue weighted by Crippen LogP contribution is -2.52. The van der Waals surface area contributed by atoms with Gasteiger partial charge < -0.3 is 19.7 Å². The summed E-state index contributed by atoms with van der Waals surface area (Å²) in [5.74, 6) is 1.51. The molecule has 1 aliphatic rings. The Hall–Kier alpha value is -3.21. The molecule has 0 bridgehead atoms. The Bertz CT molecular complexity index is 1060. The van der Waals surface area contributed by atoms with Crippen LogP contribution in [0.2, 0.25) is 0 Å². The number of carbonyl (C=O) groups is 1. The number of benzene rings is 2. The summed E-state index contributed by atoms with van der Waals surface area (Å²) in [6, 6.07) is 10.2. The summed E-state index contributed by atoms with van der Waals surface area (Å²) in [4.78, 5) is 14.8. The Balaban J connectivity index is 2.26. The third-order valence-corrected chi connectivity index (χ3v) is 5.60. The Kier molecular flexibility index (Phi) is 6.16. The van der Waals surface area contributed by atoms with E-state index in [1.807, 2.05) is 52.9 Å². The molecule has 0 atom stereocenters. The summed E-state index contributed by atoms with van der Waals surface area (Å²) in [6.07, 6.45) is 1.72. The van der Waals surface area contributed by atoms with Gasteiger partial charge in [0.1, 0.15) is 23.7 Å². The van der Waals surface area contributed by atoms with Crippen LogP contribution in [-0.2, 0) is 16.1 Å². The first-order valence-electron chi connectivity index (χ1n) is 10.4. The minimum atomic E-state index is -0.686. The van der Waals surface area contributed by atoms with Gasteiger partial charge in [-0.3, -0.25) is 4.79 Å². The molecular formula is C26H32N2O3. The van der Waals surface area contributed by atoms with Crippen molar-refractivity contribution in [2.45, 2.75) is 46.8 Å². The highest BCUT2D eigenvalue weighted by Gasteiger charge is 2.38. The molecule has 0 fully saturated rings. The summed E-state index contributed by atoms with van der Waals surface area (Å²) in [7, 11) is 3.49. The number of rotatable bonds is 6. The molecule has 0 unspecified atom stereocenters. The highest BCUT2D eigenvalue weighted by atomic mass is 16.5. The molecule has 1 aliphatic heterocycles. The lowest BCUT2D eigenvalue weighted by atomic mass is 9.91. The topological polar surface area (TPSA) is 50.8 Å². The van der Waals surface area contributed by atoms with E-state index < -0.39 is 5.54 Å². The van der Waals surface area contributed by atoms with Crippen molar-refractivity contribution in [2.75, 3.05) is 24.4 Å². The van der Waals surface area contributed by atoms with Crippen LogP contribution >= 0.6 is 0 Å². The molecule has 164 valence electrons. The summed E-state index contributed by atoms with van der Waals surface area (Å²) >= 11 is 0. The van der Waals surface area contributed by atoms with Gasteiger partial charge in [-0.1, -0.05) is 24.3 Å². The predicted octanol–water partition coefficient (Wildman–Crippen LogP) is 5.83. The molecule has 0 saturated carbocycles. The third kappa shape index (κ3) is 4.18. The van der Waals surface area contributed by atoms with Gasteiger partial charge in [0.2, 0.25) is 0 Å². The quantitative estimate of drug-likeness (QED) is 0.472. The fourth-order valence-electron chi connectivity index (χ4n) is 4.02. The normalized spacial score (nSPS) is 14.4. The van der Waals surface area contributed by atoms with Crippen molar-refractivity contribution in [3.63, 3.8) is 0 Å². The number of likely N-dealkylation sites (N-methyl/N-ethyl adjacent to an activating group) is 1. The van der Waals surface area contributed by atoms with Crippen molar-refractivity contribution in [1.29, 1.82) is 0 Å². The maximum Gasteiger partial charge on any atom is 0.251 e. The molecule has 2 aromatic rings. The Labute approximate surface area is 185 Å². The molecule has 0 radical (unpaired) electrons. The Morgan fingerprint density at radius 2 is 1.90 bits per heavy atom. The molecule has 1 heterocycles. The molecule has 31 heavy (non-hydrogen) atoms. The van der Waals surface area contributed by atoms with Crippen molar-refractivity contribution in [3.8, 4) is 16.9 Å². The largest absolute Gasteiger partial charge is 0.496 e. The van der Waals surface area contributed by atoms with Gasteiger partial charge in [0.25, 0.3) is 5.91 Å². The number of hydrogen-bond donors (Lipinski definition) is 1. The second kappa shape index (κ2) is 8.50. The number of allylic oxidation sites excluding steroid dienone is 2. The van der Waals surface area contributed by atoms with E-state index in [9.17, 15) is 4.79 Å². The van der Waals surface area contributed by atoms with Crippen molar-refractivity contribution in [1.82, 2.24) is 0 Å². The monoisotopic (exact) mass is 420 g/mol. The van der Waals surface area contributed by atoms with E-state index in [1.54, 1.807) is 18.1 Å². The van der Waals surface area contributed by atoms with Gasteiger partial charge in [0, 0.05) is 18.2 Å². The number of ether oxygens (including phenoxy) is 2. The predicted molar refractivity (Wildman–Crippen MR) is 128 cm³/mol. The second-order valence-electron chi connectivity index (χ2n) is 8.66.